The largest absolute Gasteiger partial charge is 0.345 e. The van der Waals surface area contributed by atoms with Crippen LogP contribution in [0.25, 0.3) is 11.0 Å². The highest BCUT2D eigenvalue weighted by molar-refractivity contribution is 5.97. The van der Waals surface area contributed by atoms with Crippen LogP contribution in [0.15, 0.2) is 46.8 Å². The predicted molar refractivity (Wildman–Crippen MR) is 107 cm³/mol. The summed E-state index contributed by atoms with van der Waals surface area (Å²) in [6, 6.07) is 8.38. The number of aromatic amines is 1. The van der Waals surface area contributed by atoms with E-state index in [0.717, 1.165) is 54.4 Å². The summed E-state index contributed by atoms with van der Waals surface area (Å²) in [4.78, 5) is 22.8. The Balaban J connectivity index is 1.47. The summed E-state index contributed by atoms with van der Waals surface area (Å²) >= 11 is 0. The Hall–Kier alpha value is -2.87. The monoisotopic (exact) mass is 372 g/mol. The van der Waals surface area contributed by atoms with Gasteiger partial charge in [-0.15, -0.1) is 0 Å². The zero-order valence-corrected chi connectivity index (χ0v) is 16.3. The predicted octanol–water partition coefficient (Wildman–Crippen LogP) is 4.36. The van der Waals surface area contributed by atoms with Crippen molar-refractivity contribution < 1.29 is 4.79 Å². The first-order valence-electron chi connectivity index (χ1n) is 10.2. The number of nitriles is 1. The zero-order chi connectivity index (χ0) is 19.4. The molecule has 5 nitrogen and oxygen atoms in total. The molecule has 1 aromatic carbocycles. The van der Waals surface area contributed by atoms with Gasteiger partial charge in [0.1, 0.15) is 0 Å². The van der Waals surface area contributed by atoms with Gasteiger partial charge in [-0.05, 0) is 67.9 Å². The fourth-order valence-electron chi connectivity index (χ4n) is 5.67. The Bertz CT molecular complexity index is 1080. The number of hydrogen-bond acceptors (Lipinski definition) is 3. The van der Waals surface area contributed by atoms with Crippen molar-refractivity contribution in [3.8, 4) is 6.07 Å². The second kappa shape index (κ2) is 6.34. The van der Waals surface area contributed by atoms with E-state index in [0.29, 0.717) is 5.92 Å². The van der Waals surface area contributed by atoms with Crippen LogP contribution >= 0.6 is 0 Å². The number of nitrogens with zero attached hydrogens (tertiary/aromatic N) is 3. The van der Waals surface area contributed by atoms with Crippen LogP contribution in [0.1, 0.15) is 49.9 Å². The third-order valence-corrected chi connectivity index (χ3v) is 6.89. The van der Waals surface area contributed by atoms with Crippen molar-refractivity contribution in [2.24, 2.45) is 11.8 Å². The first kappa shape index (κ1) is 17.2. The van der Waals surface area contributed by atoms with Gasteiger partial charge in [0, 0.05) is 29.6 Å². The molecule has 1 amide bonds. The average Bonchev–Trinajstić information content (AvgIpc) is 3.30. The van der Waals surface area contributed by atoms with Gasteiger partial charge in [0.05, 0.1) is 23.4 Å². The molecule has 1 aromatic heterocycles. The van der Waals surface area contributed by atoms with E-state index in [2.05, 4.69) is 34.8 Å². The molecule has 5 rings (SSSR count). The number of nitrogens with one attached hydrogen (secondary N) is 1. The Morgan fingerprint density at radius 1 is 1.36 bits per heavy atom. The fraction of sp³-hybridized carbons (Fsp3) is 0.435. The van der Waals surface area contributed by atoms with Gasteiger partial charge < -0.3 is 9.88 Å². The molecule has 2 heterocycles. The molecule has 0 radical (unpaired) electrons. The number of allylic oxidation sites excluding steroid dienone is 2. The lowest BCUT2D eigenvalue weighted by atomic mass is 9.77. The van der Waals surface area contributed by atoms with Crippen LogP contribution < -0.4 is 0 Å². The molecule has 1 unspecified atom stereocenters. The molecule has 5 heteroatoms. The van der Waals surface area contributed by atoms with E-state index in [1.54, 1.807) is 6.33 Å². The first-order chi connectivity index (χ1) is 13.6. The van der Waals surface area contributed by atoms with Gasteiger partial charge >= 0.3 is 0 Å². The first-order valence-corrected chi connectivity index (χ1v) is 10.2. The highest BCUT2D eigenvalue weighted by Gasteiger charge is 2.44. The van der Waals surface area contributed by atoms with E-state index < -0.39 is 0 Å². The SMILES string of the molecule is CC1=C(C#N)C(C)CC2=C1[C@H]1CCCN(C(=O)c3ccc4nc[nH]c4c3)[C@H]1C2. The Morgan fingerprint density at radius 3 is 3.04 bits per heavy atom. The molecule has 0 spiro atoms. The molecule has 142 valence electrons. The van der Waals surface area contributed by atoms with Crippen LogP contribution in [0.5, 0.6) is 0 Å². The number of H-pyrrole nitrogens is 1. The molecule has 1 aliphatic heterocycles. The number of imidazole rings is 1. The summed E-state index contributed by atoms with van der Waals surface area (Å²) in [5.41, 5.74) is 7.48. The zero-order valence-electron chi connectivity index (χ0n) is 16.3. The number of piperidine rings is 1. The van der Waals surface area contributed by atoms with Crippen molar-refractivity contribution in [3.63, 3.8) is 0 Å². The van der Waals surface area contributed by atoms with E-state index in [9.17, 15) is 10.1 Å². The number of carbonyl (C=O) groups is 1. The van der Waals surface area contributed by atoms with Gasteiger partial charge in [0.25, 0.3) is 5.91 Å². The normalized spacial score (nSPS) is 27.0. The second-order valence-electron chi connectivity index (χ2n) is 8.43. The van der Waals surface area contributed by atoms with Crippen molar-refractivity contribution in [1.29, 1.82) is 5.26 Å². The molecule has 0 saturated carbocycles. The summed E-state index contributed by atoms with van der Waals surface area (Å²) in [5, 5.41) is 9.60. The Labute approximate surface area is 164 Å². The molecular formula is C23H24N4O. The van der Waals surface area contributed by atoms with Gasteiger partial charge in [-0.25, -0.2) is 4.98 Å². The van der Waals surface area contributed by atoms with Gasteiger partial charge in [0.15, 0.2) is 0 Å². The third kappa shape index (κ3) is 2.44. The van der Waals surface area contributed by atoms with Crippen LogP contribution in [-0.4, -0.2) is 33.4 Å². The van der Waals surface area contributed by atoms with Crippen LogP contribution in [-0.2, 0) is 0 Å². The lowest BCUT2D eigenvalue weighted by molar-refractivity contribution is 0.0563. The topological polar surface area (TPSA) is 72.8 Å². The molecule has 3 atom stereocenters. The minimum Gasteiger partial charge on any atom is -0.345 e. The molecule has 2 aliphatic carbocycles. The summed E-state index contributed by atoms with van der Waals surface area (Å²) in [5.74, 6) is 0.775. The molecule has 28 heavy (non-hydrogen) atoms. The molecule has 0 bridgehead atoms. The third-order valence-electron chi connectivity index (χ3n) is 6.89. The number of rotatable bonds is 1. The minimum atomic E-state index is 0.112. The number of aromatic nitrogens is 2. The Kier molecular flexibility index (Phi) is 3.90. The van der Waals surface area contributed by atoms with E-state index in [4.69, 9.17) is 0 Å². The number of hydrogen-bond donors (Lipinski definition) is 1. The van der Waals surface area contributed by atoms with Crippen LogP contribution in [0, 0.1) is 23.2 Å². The van der Waals surface area contributed by atoms with Crippen molar-refractivity contribution in [1.82, 2.24) is 14.9 Å². The maximum absolute atomic E-state index is 13.4. The summed E-state index contributed by atoms with van der Waals surface area (Å²) in [6.45, 7) is 5.07. The van der Waals surface area contributed by atoms with Crippen LogP contribution in [0.4, 0.5) is 0 Å². The fourth-order valence-corrected chi connectivity index (χ4v) is 5.67. The van der Waals surface area contributed by atoms with E-state index >= 15 is 0 Å². The average molecular weight is 372 g/mol. The lowest BCUT2D eigenvalue weighted by Gasteiger charge is -2.39. The molecule has 1 N–H and O–H groups in total. The van der Waals surface area contributed by atoms with Crippen molar-refractivity contribution in [2.45, 2.75) is 45.6 Å². The standard InChI is InChI=1S/C23H24N4O/c1-13-8-16-10-21-17(22(16)14(2)18(13)11-24)4-3-7-27(21)23(28)15-5-6-19-20(9-15)26-12-25-19/h5-6,9,12-13,17,21H,3-4,7-8,10H2,1-2H3,(H,25,26)/t13?,17-,21-/m0/s1. The molecule has 1 saturated heterocycles. The Morgan fingerprint density at radius 2 is 2.21 bits per heavy atom. The molecule has 1 fully saturated rings. The highest BCUT2D eigenvalue weighted by atomic mass is 16.2. The van der Waals surface area contributed by atoms with Crippen LogP contribution in [0.3, 0.4) is 0 Å². The molecule has 3 aliphatic rings. The smallest absolute Gasteiger partial charge is 0.254 e. The van der Waals surface area contributed by atoms with Gasteiger partial charge in [0.2, 0.25) is 0 Å². The summed E-state index contributed by atoms with van der Waals surface area (Å²) < 4.78 is 0. The number of likely N-dealkylation sites (tertiary alicyclic amines) is 1. The molecule has 2 aromatic rings. The highest BCUT2D eigenvalue weighted by Crippen LogP contribution is 2.50. The van der Waals surface area contributed by atoms with Crippen molar-refractivity contribution in [2.75, 3.05) is 6.54 Å². The van der Waals surface area contributed by atoms with E-state index in [1.807, 2.05) is 18.2 Å². The van der Waals surface area contributed by atoms with Crippen LogP contribution in [0.2, 0.25) is 0 Å². The van der Waals surface area contributed by atoms with Crippen molar-refractivity contribution in [3.05, 3.63) is 52.4 Å². The minimum absolute atomic E-state index is 0.112. The van der Waals surface area contributed by atoms with Gasteiger partial charge in [-0.2, -0.15) is 5.26 Å². The number of benzene rings is 1. The van der Waals surface area contributed by atoms with E-state index in [1.165, 1.54) is 16.7 Å². The quantitative estimate of drug-likeness (QED) is 0.808. The lowest BCUT2D eigenvalue weighted by Crippen LogP contribution is -2.47. The number of carbonyl (C=O) groups excluding carboxylic acids is 1. The summed E-state index contributed by atoms with van der Waals surface area (Å²) in [7, 11) is 0. The maximum atomic E-state index is 13.4. The van der Waals surface area contributed by atoms with Crippen molar-refractivity contribution >= 4 is 16.9 Å². The summed E-state index contributed by atoms with van der Waals surface area (Å²) in [6.07, 6.45) is 5.70. The van der Waals surface area contributed by atoms with Gasteiger partial charge in [-0.1, -0.05) is 12.5 Å². The second-order valence-corrected chi connectivity index (χ2v) is 8.43. The van der Waals surface area contributed by atoms with Gasteiger partial charge in [-0.3, -0.25) is 4.79 Å². The number of fused-ring (bicyclic) bond motifs is 3. The van der Waals surface area contributed by atoms with E-state index in [-0.39, 0.29) is 17.9 Å². The molecular weight excluding hydrogens is 348 g/mol. The number of amides is 1. The maximum Gasteiger partial charge on any atom is 0.254 e.